The summed E-state index contributed by atoms with van der Waals surface area (Å²) >= 11 is 6.06. The van der Waals surface area contributed by atoms with Crippen molar-refractivity contribution in [2.75, 3.05) is 17.7 Å². The van der Waals surface area contributed by atoms with Crippen molar-refractivity contribution in [1.82, 2.24) is 9.78 Å². The van der Waals surface area contributed by atoms with Gasteiger partial charge in [0.25, 0.3) is 11.8 Å². The highest BCUT2D eigenvalue weighted by Gasteiger charge is 2.35. The maximum Gasteiger partial charge on any atom is 0.255 e. The third kappa shape index (κ3) is 3.73. The van der Waals surface area contributed by atoms with Gasteiger partial charge < -0.3 is 21.1 Å². The number of carbonyl (C=O) groups is 2. The number of para-hydroxylation sites is 2. The van der Waals surface area contributed by atoms with Gasteiger partial charge in [-0.05, 0) is 36.8 Å². The minimum absolute atomic E-state index is 0.238. The fraction of sp³-hybridized carbons (Fsp3) is 0.136. The van der Waals surface area contributed by atoms with Crippen LogP contribution in [0, 0.1) is 0 Å². The largest absolute Gasteiger partial charge is 0.495 e. The first-order valence-corrected chi connectivity index (χ1v) is 9.83. The van der Waals surface area contributed by atoms with Crippen molar-refractivity contribution in [1.29, 1.82) is 0 Å². The Labute approximate surface area is 183 Å². The van der Waals surface area contributed by atoms with E-state index < -0.39 is 11.9 Å². The molecule has 0 radical (unpaired) electrons. The average molecular weight is 438 g/mol. The Morgan fingerprint density at radius 3 is 2.58 bits per heavy atom. The standard InChI is InChI=1S/C22H20ClN5O3/c1-12-18(22(30)27-16-5-3-4-6-17(16)31-2)19(13-7-9-14(23)10-8-13)28-21(26-12)15(11-25-28)20(24)29/h3-11,19,26H,1-2H3,(H2,24,29)(H,27,30). The molecular weight excluding hydrogens is 418 g/mol. The predicted molar refractivity (Wildman–Crippen MR) is 118 cm³/mol. The van der Waals surface area contributed by atoms with Crippen LogP contribution in [0.2, 0.25) is 5.02 Å². The molecule has 0 fully saturated rings. The van der Waals surface area contributed by atoms with Gasteiger partial charge in [-0.25, -0.2) is 4.68 Å². The van der Waals surface area contributed by atoms with Crippen LogP contribution < -0.4 is 21.1 Å². The fourth-order valence-electron chi connectivity index (χ4n) is 3.62. The smallest absolute Gasteiger partial charge is 0.255 e. The molecule has 0 aliphatic carbocycles. The summed E-state index contributed by atoms with van der Waals surface area (Å²) in [5.74, 6) is 0.0186. The number of hydrogen-bond acceptors (Lipinski definition) is 5. The van der Waals surface area contributed by atoms with Gasteiger partial charge in [0.15, 0.2) is 0 Å². The van der Waals surface area contributed by atoms with Crippen molar-refractivity contribution in [3.8, 4) is 5.75 Å². The van der Waals surface area contributed by atoms with Gasteiger partial charge in [-0.15, -0.1) is 0 Å². The second kappa shape index (κ2) is 8.16. The second-order valence-corrected chi connectivity index (χ2v) is 7.42. The number of fused-ring (bicyclic) bond motifs is 1. The number of methoxy groups -OCH3 is 1. The van der Waals surface area contributed by atoms with Crippen molar-refractivity contribution >= 4 is 34.9 Å². The first kappa shape index (κ1) is 20.5. The summed E-state index contributed by atoms with van der Waals surface area (Å²) in [6.45, 7) is 1.77. The maximum atomic E-state index is 13.4. The summed E-state index contributed by atoms with van der Waals surface area (Å²) in [5.41, 5.74) is 8.05. The monoisotopic (exact) mass is 437 g/mol. The third-order valence-corrected chi connectivity index (χ3v) is 5.33. The number of allylic oxidation sites excluding steroid dienone is 1. The third-order valence-electron chi connectivity index (χ3n) is 5.07. The van der Waals surface area contributed by atoms with Crippen LogP contribution in [0.15, 0.2) is 66.0 Å². The van der Waals surface area contributed by atoms with Crippen LogP contribution in [0.5, 0.6) is 5.75 Å². The number of ether oxygens (including phenoxy) is 1. The highest BCUT2D eigenvalue weighted by atomic mass is 35.5. The lowest BCUT2D eigenvalue weighted by atomic mass is 9.94. The van der Waals surface area contributed by atoms with Crippen LogP contribution in [0.25, 0.3) is 0 Å². The lowest BCUT2D eigenvalue weighted by Gasteiger charge is -2.30. The minimum atomic E-state index is -0.613. The van der Waals surface area contributed by atoms with Crippen LogP contribution in [0.1, 0.15) is 28.9 Å². The lowest BCUT2D eigenvalue weighted by molar-refractivity contribution is -0.113. The van der Waals surface area contributed by atoms with Crippen LogP contribution >= 0.6 is 11.6 Å². The number of rotatable bonds is 5. The first-order valence-electron chi connectivity index (χ1n) is 9.45. The van der Waals surface area contributed by atoms with E-state index in [1.54, 1.807) is 41.9 Å². The van der Waals surface area contributed by atoms with Crippen molar-refractivity contribution in [2.45, 2.75) is 13.0 Å². The molecule has 1 aromatic heterocycles. The fourth-order valence-corrected chi connectivity index (χ4v) is 3.75. The molecule has 3 aromatic rings. The van der Waals surface area contributed by atoms with E-state index in [0.29, 0.717) is 33.5 Å². The highest BCUT2D eigenvalue weighted by molar-refractivity contribution is 6.30. The number of amides is 2. The summed E-state index contributed by atoms with van der Waals surface area (Å²) < 4.78 is 6.92. The van der Waals surface area contributed by atoms with Gasteiger partial charge in [-0.1, -0.05) is 35.9 Å². The molecule has 0 spiro atoms. The number of aromatic nitrogens is 2. The van der Waals surface area contributed by atoms with Gasteiger partial charge in [0.2, 0.25) is 0 Å². The Morgan fingerprint density at radius 2 is 1.90 bits per heavy atom. The molecule has 8 nitrogen and oxygen atoms in total. The van der Waals surface area contributed by atoms with E-state index in [1.165, 1.54) is 13.3 Å². The SMILES string of the molecule is COc1ccccc1NC(=O)C1=C(C)Nc2c(C(N)=O)cnn2C1c1ccc(Cl)cc1. The minimum Gasteiger partial charge on any atom is -0.495 e. The molecule has 158 valence electrons. The highest BCUT2D eigenvalue weighted by Crippen LogP contribution is 2.38. The Bertz CT molecular complexity index is 1200. The lowest BCUT2D eigenvalue weighted by Crippen LogP contribution is -2.32. The number of hydrogen-bond donors (Lipinski definition) is 3. The Hall–Kier alpha value is -3.78. The van der Waals surface area contributed by atoms with Crippen molar-refractivity contribution in [3.05, 3.63) is 82.1 Å². The molecule has 1 aliphatic rings. The number of benzene rings is 2. The van der Waals surface area contributed by atoms with E-state index in [4.69, 9.17) is 22.1 Å². The average Bonchev–Trinajstić information content (AvgIpc) is 3.17. The summed E-state index contributed by atoms with van der Waals surface area (Å²) in [6.07, 6.45) is 1.39. The van der Waals surface area contributed by atoms with Gasteiger partial charge in [-0.3, -0.25) is 9.59 Å². The van der Waals surface area contributed by atoms with E-state index in [9.17, 15) is 9.59 Å². The van der Waals surface area contributed by atoms with Gasteiger partial charge in [-0.2, -0.15) is 5.10 Å². The normalized spacial score (nSPS) is 15.1. The van der Waals surface area contributed by atoms with E-state index in [2.05, 4.69) is 15.7 Å². The van der Waals surface area contributed by atoms with Gasteiger partial charge in [0.05, 0.1) is 24.6 Å². The zero-order valence-corrected chi connectivity index (χ0v) is 17.6. The number of anilines is 2. The molecule has 31 heavy (non-hydrogen) atoms. The molecule has 0 bridgehead atoms. The zero-order chi connectivity index (χ0) is 22.1. The molecule has 4 N–H and O–H groups in total. The van der Waals surface area contributed by atoms with Crippen LogP contribution in [0.4, 0.5) is 11.5 Å². The van der Waals surface area contributed by atoms with Crippen molar-refractivity contribution in [2.24, 2.45) is 5.73 Å². The molecule has 0 saturated heterocycles. The van der Waals surface area contributed by atoms with Crippen LogP contribution in [0.3, 0.4) is 0 Å². The number of primary amides is 1. The summed E-state index contributed by atoms with van der Waals surface area (Å²) in [5, 5.41) is 10.9. The number of halogens is 1. The topological polar surface area (TPSA) is 111 Å². The summed E-state index contributed by atoms with van der Waals surface area (Å²) in [4.78, 5) is 25.3. The van der Waals surface area contributed by atoms with E-state index in [-0.39, 0.29) is 11.5 Å². The molecule has 2 heterocycles. The zero-order valence-electron chi connectivity index (χ0n) is 16.8. The molecule has 1 atom stereocenters. The molecular formula is C22H20ClN5O3. The van der Waals surface area contributed by atoms with E-state index in [1.807, 2.05) is 18.2 Å². The molecule has 4 rings (SSSR count). The molecule has 9 heteroatoms. The first-order chi connectivity index (χ1) is 14.9. The summed E-state index contributed by atoms with van der Waals surface area (Å²) in [6, 6.07) is 13.6. The quantitative estimate of drug-likeness (QED) is 0.565. The summed E-state index contributed by atoms with van der Waals surface area (Å²) in [7, 11) is 1.54. The van der Waals surface area contributed by atoms with Gasteiger partial charge >= 0.3 is 0 Å². The van der Waals surface area contributed by atoms with E-state index in [0.717, 1.165) is 5.56 Å². The number of nitrogens with two attached hydrogens (primary N) is 1. The van der Waals surface area contributed by atoms with Gasteiger partial charge in [0, 0.05) is 10.7 Å². The molecule has 0 saturated carbocycles. The van der Waals surface area contributed by atoms with E-state index >= 15 is 0 Å². The number of nitrogens with one attached hydrogen (secondary N) is 2. The second-order valence-electron chi connectivity index (χ2n) is 6.99. The molecule has 1 unspecified atom stereocenters. The predicted octanol–water partition coefficient (Wildman–Crippen LogP) is 3.57. The number of nitrogens with zero attached hydrogens (tertiary/aromatic N) is 2. The van der Waals surface area contributed by atoms with Crippen LogP contribution in [-0.2, 0) is 4.79 Å². The Kier molecular flexibility index (Phi) is 5.39. The maximum absolute atomic E-state index is 13.4. The molecule has 1 aliphatic heterocycles. The Morgan fingerprint density at radius 1 is 1.19 bits per heavy atom. The molecule has 2 aromatic carbocycles. The van der Waals surface area contributed by atoms with Crippen molar-refractivity contribution < 1.29 is 14.3 Å². The van der Waals surface area contributed by atoms with Crippen LogP contribution in [-0.4, -0.2) is 28.7 Å². The van der Waals surface area contributed by atoms with Gasteiger partial charge in [0.1, 0.15) is 23.2 Å². The Balaban J connectivity index is 1.81. The van der Waals surface area contributed by atoms with Crippen molar-refractivity contribution in [3.63, 3.8) is 0 Å². The number of carbonyl (C=O) groups excluding carboxylic acids is 2. The molecule has 2 amide bonds.